The zero-order valence-corrected chi connectivity index (χ0v) is 14.4. The lowest BCUT2D eigenvalue weighted by Crippen LogP contribution is -2.40. The molecule has 6 atom stereocenters. The third kappa shape index (κ3) is 2.02. The normalized spacial score (nSPS) is 38.2. The van der Waals surface area contributed by atoms with Crippen molar-refractivity contribution < 1.29 is 14.3 Å². The highest BCUT2D eigenvalue weighted by Crippen LogP contribution is 2.60. The zero-order chi connectivity index (χ0) is 15.6. The predicted octanol–water partition coefficient (Wildman–Crippen LogP) is 3.50. The number of esters is 1. The van der Waals surface area contributed by atoms with Gasteiger partial charge in [0.2, 0.25) is 5.91 Å². The molecule has 2 aliphatic carbocycles. The molecule has 1 amide bonds. The van der Waals surface area contributed by atoms with Gasteiger partial charge in [0, 0.05) is 11.6 Å². The van der Waals surface area contributed by atoms with E-state index in [4.69, 9.17) is 27.9 Å². The largest absolute Gasteiger partial charge is 0.461 e. The molecular weight excluding hydrogens is 393 g/mol. The molecule has 3 fully saturated rings. The van der Waals surface area contributed by atoms with Gasteiger partial charge >= 0.3 is 5.97 Å². The van der Waals surface area contributed by atoms with Crippen LogP contribution in [0.4, 0.5) is 5.69 Å². The lowest BCUT2D eigenvalue weighted by Gasteiger charge is -2.27. The van der Waals surface area contributed by atoms with Crippen molar-refractivity contribution in [3.8, 4) is 0 Å². The molecule has 3 aliphatic rings. The highest BCUT2D eigenvalue weighted by molar-refractivity contribution is 9.09. The van der Waals surface area contributed by atoms with Crippen molar-refractivity contribution in [2.75, 3.05) is 5.32 Å². The first-order valence-electron chi connectivity index (χ1n) is 7.08. The van der Waals surface area contributed by atoms with Gasteiger partial charge in [0.1, 0.15) is 6.10 Å². The fourth-order valence-electron chi connectivity index (χ4n) is 4.13. The molecule has 4 rings (SSSR count). The van der Waals surface area contributed by atoms with Crippen LogP contribution < -0.4 is 5.32 Å². The average Bonchev–Trinajstić information content (AvgIpc) is 3.07. The van der Waals surface area contributed by atoms with Crippen LogP contribution in [-0.2, 0) is 14.3 Å². The lowest BCUT2D eigenvalue weighted by molar-refractivity contribution is -0.145. The quantitative estimate of drug-likeness (QED) is 0.606. The van der Waals surface area contributed by atoms with Crippen molar-refractivity contribution in [2.24, 2.45) is 23.7 Å². The molecule has 1 aliphatic heterocycles. The molecule has 1 heterocycles. The summed E-state index contributed by atoms with van der Waals surface area (Å²) in [5.74, 6) is -0.770. The Morgan fingerprint density at radius 2 is 2.05 bits per heavy atom. The molecule has 4 nitrogen and oxygen atoms in total. The summed E-state index contributed by atoms with van der Waals surface area (Å²) in [5.41, 5.74) is 0.580. The van der Waals surface area contributed by atoms with E-state index < -0.39 is 0 Å². The molecule has 1 aromatic rings. The molecule has 1 aromatic carbocycles. The van der Waals surface area contributed by atoms with Crippen molar-refractivity contribution in [1.29, 1.82) is 0 Å². The zero-order valence-electron chi connectivity index (χ0n) is 11.3. The minimum absolute atomic E-state index is 0.0600. The Labute approximate surface area is 145 Å². The van der Waals surface area contributed by atoms with E-state index in [1.807, 2.05) is 0 Å². The second kappa shape index (κ2) is 5.11. The van der Waals surface area contributed by atoms with Crippen LogP contribution >= 0.6 is 39.1 Å². The van der Waals surface area contributed by atoms with Crippen LogP contribution in [0.3, 0.4) is 0 Å². The molecule has 2 saturated carbocycles. The van der Waals surface area contributed by atoms with Crippen molar-refractivity contribution >= 4 is 56.7 Å². The van der Waals surface area contributed by atoms with Crippen molar-refractivity contribution in [1.82, 2.24) is 0 Å². The minimum Gasteiger partial charge on any atom is -0.461 e. The van der Waals surface area contributed by atoms with E-state index in [9.17, 15) is 9.59 Å². The van der Waals surface area contributed by atoms with Crippen LogP contribution in [0, 0.1) is 23.7 Å². The van der Waals surface area contributed by atoms with Gasteiger partial charge in [-0.3, -0.25) is 9.59 Å². The summed E-state index contributed by atoms with van der Waals surface area (Å²) in [6.45, 7) is 0. The fraction of sp³-hybridized carbons (Fsp3) is 0.467. The Morgan fingerprint density at radius 1 is 1.27 bits per heavy atom. The van der Waals surface area contributed by atoms with E-state index in [1.165, 1.54) is 0 Å². The summed E-state index contributed by atoms with van der Waals surface area (Å²) in [6, 6.07) is 4.94. The maximum absolute atomic E-state index is 12.7. The third-order valence-corrected chi connectivity index (χ3v) is 6.95. The third-order valence-electron chi connectivity index (χ3n) is 5.01. The number of carbonyl (C=O) groups excluding carboxylic acids is 2. The number of ether oxygens (including phenoxy) is 1. The van der Waals surface area contributed by atoms with Gasteiger partial charge < -0.3 is 10.1 Å². The van der Waals surface area contributed by atoms with E-state index in [0.29, 0.717) is 15.7 Å². The maximum Gasteiger partial charge on any atom is 0.310 e. The molecule has 2 bridgehead atoms. The van der Waals surface area contributed by atoms with E-state index in [2.05, 4.69) is 21.2 Å². The summed E-state index contributed by atoms with van der Waals surface area (Å²) in [7, 11) is 0. The highest BCUT2D eigenvalue weighted by atomic mass is 79.9. The Bertz CT molecular complexity index is 683. The molecular formula is C15H12BrCl2NO3. The van der Waals surface area contributed by atoms with Gasteiger partial charge in [0.05, 0.1) is 26.7 Å². The Hall–Kier alpha value is -0.780. The van der Waals surface area contributed by atoms with E-state index in [-0.39, 0.29) is 46.5 Å². The first-order valence-corrected chi connectivity index (χ1v) is 8.75. The van der Waals surface area contributed by atoms with Crippen molar-refractivity contribution in [3.63, 3.8) is 0 Å². The summed E-state index contributed by atoms with van der Waals surface area (Å²) >= 11 is 15.4. The first kappa shape index (κ1) is 14.8. The lowest BCUT2D eigenvalue weighted by atomic mass is 9.79. The molecule has 22 heavy (non-hydrogen) atoms. The number of rotatable bonds is 2. The van der Waals surface area contributed by atoms with E-state index in [1.54, 1.807) is 18.2 Å². The second-order valence-electron chi connectivity index (χ2n) is 6.08. The molecule has 7 heteroatoms. The van der Waals surface area contributed by atoms with Crippen LogP contribution in [0.1, 0.15) is 6.42 Å². The summed E-state index contributed by atoms with van der Waals surface area (Å²) in [6.07, 6.45) is 0.785. The molecule has 1 N–H and O–H groups in total. The number of fused-ring (bicyclic) bond motifs is 1. The smallest absolute Gasteiger partial charge is 0.310 e. The van der Waals surface area contributed by atoms with E-state index >= 15 is 0 Å². The summed E-state index contributed by atoms with van der Waals surface area (Å²) in [4.78, 5) is 24.8. The standard InChI is InChI=1S/C15H12BrCl2NO3/c16-12-6-4-7-11(15(21)22-13(7)12)10(6)14(20)19-5-1-2-8(17)9(18)3-5/h1-3,6-7,10-13H,4H2,(H,19,20)/t6-,7-,10-,11-,12+,13+/m1/s1. The maximum atomic E-state index is 12.7. The number of anilines is 1. The van der Waals surface area contributed by atoms with E-state index in [0.717, 1.165) is 6.42 Å². The Morgan fingerprint density at radius 3 is 2.77 bits per heavy atom. The summed E-state index contributed by atoms with van der Waals surface area (Å²) < 4.78 is 5.41. The number of alkyl halides is 1. The monoisotopic (exact) mass is 403 g/mol. The Kier molecular flexibility index (Phi) is 3.44. The molecule has 116 valence electrons. The number of benzene rings is 1. The SMILES string of the molecule is O=C(Nc1ccc(Cl)c(Cl)c1)[C@@H]1[C@H]2C[C@H]3[C@H](OC(=O)[C@H]31)[C@H]2Br. The second-order valence-corrected chi connectivity index (χ2v) is 7.95. The molecule has 1 saturated heterocycles. The number of halogens is 3. The number of hydrogen-bond donors (Lipinski definition) is 1. The number of amides is 1. The minimum atomic E-state index is -0.352. The van der Waals surface area contributed by atoms with Gasteiger partial charge in [-0.1, -0.05) is 39.1 Å². The first-order chi connectivity index (χ1) is 10.5. The van der Waals surface area contributed by atoms with Crippen LogP contribution in [0.25, 0.3) is 0 Å². The van der Waals surface area contributed by atoms with Gasteiger partial charge in [0.25, 0.3) is 0 Å². The van der Waals surface area contributed by atoms with Gasteiger partial charge in [-0.15, -0.1) is 0 Å². The van der Waals surface area contributed by atoms with Crippen molar-refractivity contribution in [3.05, 3.63) is 28.2 Å². The van der Waals surface area contributed by atoms with Crippen LogP contribution in [0.2, 0.25) is 10.0 Å². The molecule has 0 unspecified atom stereocenters. The average molecular weight is 405 g/mol. The van der Waals surface area contributed by atoms with Crippen LogP contribution in [-0.4, -0.2) is 22.8 Å². The summed E-state index contributed by atoms with van der Waals surface area (Å²) in [5, 5.41) is 3.66. The Balaban J connectivity index is 1.58. The fourth-order valence-corrected chi connectivity index (χ4v) is 5.47. The number of nitrogens with one attached hydrogen (secondary N) is 1. The molecule has 0 spiro atoms. The van der Waals surface area contributed by atoms with Crippen LogP contribution in [0.5, 0.6) is 0 Å². The van der Waals surface area contributed by atoms with Gasteiger partial charge in [0.15, 0.2) is 0 Å². The molecule has 0 radical (unpaired) electrons. The predicted molar refractivity (Wildman–Crippen MR) is 86.3 cm³/mol. The van der Waals surface area contributed by atoms with Gasteiger partial charge in [-0.05, 0) is 30.5 Å². The topological polar surface area (TPSA) is 55.4 Å². The highest BCUT2D eigenvalue weighted by Gasteiger charge is 2.67. The van der Waals surface area contributed by atoms with Crippen molar-refractivity contribution in [2.45, 2.75) is 17.4 Å². The molecule has 0 aromatic heterocycles. The number of hydrogen-bond acceptors (Lipinski definition) is 3. The van der Waals surface area contributed by atoms with Gasteiger partial charge in [-0.25, -0.2) is 0 Å². The van der Waals surface area contributed by atoms with Crippen LogP contribution in [0.15, 0.2) is 18.2 Å². The number of carbonyl (C=O) groups is 2. The van der Waals surface area contributed by atoms with Gasteiger partial charge in [-0.2, -0.15) is 0 Å².